The lowest BCUT2D eigenvalue weighted by Gasteiger charge is -2.35. The van der Waals surface area contributed by atoms with Crippen molar-refractivity contribution < 1.29 is 0 Å². The summed E-state index contributed by atoms with van der Waals surface area (Å²) in [6, 6.07) is 8.81. The highest BCUT2D eigenvalue weighted by atomic mass is 32.2. The maximum Gasteiger partial charge on any atom is 0.0370 e. The second-order valence-corrected chi connectivity index (χ2v) is 4.86. The lowest BCUT2D eigenvalue weighted by Crippen LogP contribution is -2.40. The first-order valence-corrected chi connectivity index (χ1v) is 6.13. The van der Waals surface area contributed by atoms with Crippen molar-refractivity contribution in [2.75, 3.05) is 28.7 Å². The lowest BCUT2D eigenvalue weighted by atomic mass is 10.2. The molecule has 76 valence electrons. The summed E-state index contributed by atoms with van der Waals surface area (Å²) in [6.07, 6.45) is 0. The van der Waals surface area contributed by atoms with Crippen molar-refractivity contribution in [1.82, 2.24) is 0 Å². The van der Waals surface area contributed by atoms with Crippen LogP contribution in [0.3, 0.4) is 0 Å². The van der Waals surface area contributed by atoms with E-state index in [2.05, 4.69) is 24.0 Å². The van der Waals surface area contributed by atoms with Crippen LogP contribution in [0.1, 0.15) is 6.92 Å². The van der Waals surface area contributed by atoms with Crippen LogP contribution >= 0.6 is 11.8 Å². The van der Waals surface area contributed by atoms with Gasteiger partial charge in [0.25, 0.3) is 0 Å². The lowest BCUT2D eigenvalue weighted by molar-refractivity contribution is 0.700. The fourth-order valence-corrected chi connectivity index (χ4v) is 2.79. The van der Waals surface area contributed by atoms with Gasteiger partial charge in [0.15, 0.2) is 0 Å². The molecule has 0 saturated carbocycles. The van der Waals surface area contributed by atoms with E-state index in [1.807, 2.05) is 23.9 Å². The van der Waals surface area contributed by atoms with E-state index in [0.717, 1.165) is 12.2 Å². The molecule has 0 aliphatic carbocycles. The van der Waals surface area contributed by atoms with Gasteiger partial charge in [-0.25, -0.2) is 0 Å². The Morgan fingerprint density at radius 2 is 2.07 bits per heavy atom. The van der Waals surface area contributed by atoms with E-state index < -0.39 is 0 Å². The molecule has 0 amide bonds. The fraction of sp³-hybridized carbons (Fsp3) is 0.455. The molecule has 1 atom stereocenters. The van der Waals surface area contributed by atoms with Crippen LogP contribution < -0.4 is 10.6 Å². The molecule has 1 aromatic carbocycles. The Hall–Kier alpha value is -0.830. The van der Waals surface area contributed by atoms with Crippen LogP contribution in [0.2, 0.25) is 0 Å². The maximum atomic E-state index is 5.67. The summed E-state index contributed by atoms with van der Waals surface area (Å²) < 4.78 is 0. The van der Waals surface area contributed by atoms with Gasteiger partial charge in [-0.05, 0) is 31.2 Å². The van der Waals surface area contributed by atoms with E-state index in [1.54, 1.807) is 0 Å². The zero-order valence-corrected chi connectivity index (χ0v) is 9.26. The van der Waals surface area contributed by atoms with Gasteiger partial charge >= 0.3 is 0 Å². The molecule has 1 saturated heterocycles. The standard InChI is InChI=1S/C11H16N2S/c1-9-8-14-7-6-13(9)11-4-2-10(12)3-5-11/h2-5,9H,6-8,12H2,1H3. The predicted molar refractivity (Wildman–Crippen MR) is 65.0 cm³/mol. The van der Waals surface area contributed by atoms with Crippen molar-refractivity contribution in [1.29, 1.82) is 0 Å². The highest BCUT2D eigenvalue weighted by molar-refractivity contribution is 7.99. The molecule has 3 heteroatoms. The summed E-state index contributed by atoms with van der Waals surface area (Å²) >= 11 is 2.04. The van der Waals surface area contributed by atoms with Gasteiger partial charge in [0.2, 0.25) is 0 Å². The van der Waals surface area contributed by atoms with E-state index in [9.17, 15) is 0 Å². The van der Waals surface area contributed by atoms with Crippen molar-refractivity contribution in [2.24, 2.45) is 0 Å². The van der Waals surface area contributed by atoms with Gasteiger partial charge in [-0.2, -0.15) is 11.8 Å². The quantitative estimate of drug-likeness (QED) is 0.717. The van der Waals surface area contributed by atoms with Crippen LogP contribution in [0.5, 0.6) is 0 Å². The fourth-order valence-electron chi connectivity index (χ4n) is 1.78. The van der Waals surface area contributed by atoms with Crippen molar-refractivity contribution in [3.63, 3.8) is 0 Å². The minimum absolute atomic E-state index is 0.636. The number of anilines is 2. The molecular formula is C11H16N2S. The van der Waals surface area contributed by atoms with Gasteiger partial charge in [-0.15, -0.1) is 0 Å². The van der Waals surface area contributed by atoms with Gasteiger partial charge in [-0.3, -0.25) is 0 Å². The minimum Gasteiger partial charge on any atom is -0.399 e. The first-order chi connectivity index (χ1) is 6.77. The normalized spacial score (nSPS) is 22.4. The molecule has 2 nitrogen and oxygen atoms in total. The Balaban J connectivity index is 2.16. The minimum atomic E-state index is 0.636. The average Bonchev–Trinajstić information content (AvgIpc) is 2.20. The van der Waals surface area contributed by atoms with Gasteiger partial charge in [-0.1, -0.05) is 0 Å². The molecule has 1 aliphatic rings. The number of benzene rings is 1. The second kappa shape index (κ2) is 4.13. The molecular weight excluding hydrogens is 192 g/mol. The number of nitrogens with zero attached hydrogens (tertiary/aromatic N) is 1. The second-order valence-electron chi connectivity index (χ2n) is 3.71. The average molecular weight is 208 g/mol. The Morgan fingerprint density at radius 1 is 1.36 bits per heavy atom. The van der Waals surface area contributed by atoms with Crippen LogP contribution in [-0.4, -0.2) is 24.1 Å². The zero-order chi connectivity index (χ0) is 9.97. The van der Waals surface area contributed by atoms with Crippen LogP contribution in [-0.2, 0) is 0 Å². The van der Waals surface area contributed by atoms with Crippen molar-refractivity contribution in [3.8, 4) is 0 Å². The summed E-state index contributed by atoms with van der Waals surface area (Å²) in [7, 11) is 0. The Labute approximate surface area is 89.5 Å². The largest absolute Gasteiger partial charge is 0.399 e. The van der Waals surface area contributed by atoms with Gasteiger partial charge < -0.3 is 10.6 Å². The van der Waals surface area contributed by atoms with E-state index in [1.165, 1.54) is 17.2 Å². The summed E-state index contributed by atoms with van der Waals surface area (Å²) in [5, 5.41) is 0. The Kier molecular flexibility index (Phi) is 2.87. The predicted octanol–water partition coefficient (Wildman–Crippen LogP) is 2.21. The summed E-state index contributed by atoms with van der Waals surface area (Å²) in [5.74, 6) is 2.46. The molecule has 0 spiro atoms. The topological polar surface area (TPSA) is 29.3 Å². The zero-order valence-electron chi connectivity index (χ0n) is 8.44. The van der Waals surface area contributed by atoms with E-state index >= 15 is 0 Å². The molecule has 14 heavy (non-hydrogen) atoms. The third kappa shape index (κ3) is 1.98. The number of rotatable bonds is 1. The smallest absolute Gasteiger partial charge is 0.0370 e. The highest BCUT2D eigenvalue weighted by Crippen LogP contribution is 2.24. The highest BCUT2D eigenvalue weighted by Gasteiger charge is 2.18. The molecule has 0 aromatic heterocycles. The maximum absolute atomic E-state index is 5.67. The van der Waals surface area contributed by atoms with Crippen LogP contribution in [0.15, 0.2) is 24.3 Å². The number of hydrogen-bond acceptors (Lipinski definition) is 3. The number of nitrogens with two attached hydrogens (primary N) is 1. The van der Waals surface area contributed by atoms with Crippen molar-refractivity contribution >= 4 is 23.1 Å². The van der Waals surface area contributed by atoms with E-state index in [0.29, 0.717) is 6.04 Å². The molecule has 0 bridgehead atoms. The number of nitrogen functional groups attached to an aromatic ring is 1. The molecule has 1 aliphatic heterocycles. The Morgan fingerprint density at radius 3 is 2.71 bits per heavy atom. The Bertz CT molecular complexity index is 297. The monoisotopic (exact) mass is 208 g/mol. The first kappa shape index (κ1) is 9.71. The summed E-state index contributed by atoms with van der Waals surface area (Å²) in [5.41, 5.74) is 7.81. The number of thioether (sulfide) groups is 1. The number of hydrogen-bond donors (Lipinski definition) is 1. The molecule has 1 aromatic rings. The van der Waals surface area contributed by atoms with Gasteiger partial charge in [0, 0.05) is 35.5 Å². The van der Waals surface area contributed by atoms with Crippen LogP contribution in [0.25, 0.3) is 0 Å². The summed E-state index contributed by atoms with van der Waals surface area (Å²) in [6.45, 7) is 3.43. The van der Waals surface area contributed by atoms with Gasteiger partial charge in [0.05, 0.1) is 0 Å². The first-order valence-electron chi connectivity index (χ1n) is 4.97. The third-order valence-electron chi connectivity index (χ3n) is 2.59. The molecule has 0 radical (unpaired) electrons. The molecule has 2 N–H and O–H groups in total. The van der Waals surface area contributed by atoms with E-state index in [-0.39, 0.29) is 0 Å². The molecule has 2 rings (SSSR count). The molecule has 1 fully saturated rings. The van der Waals surface area contributed by atoms with Crippen molar-refractivity contribution in [3.05, 3.63) is 24.3 Å². The van der Waals surface area contributed by atoms with Crippen LogP contribution in [0.4, 0.5) is 11.4 Å². The van der Waals surface area contributed by atoms with Crippen molar-refractivity contribution in [2.45, 2.75) is 13.0 Å². The van der Waals surface area contributed by atoms with E-state index in [4.69, 9.17) is 5.73 Å². The van der Waals surface area contributed by atoms with Crippen LogP contribution in [0, 0.1) is 0 Å². The summed E-state index contributed by atoms with van der Waals surface area (Å²) in [4.78, 5) is 2.45. The SMILES string of the molecule is CC1CSCCN1c1ccc(N)cc1. The molecule has 1 heterocycles. The third-order valence-corrected chi connectivity index (χ3v) is 3.78. The van der Waals surface area contributed by atoms with Gasteiger partial charge in [0.1, 0.15) is 0 Å². The molecule has 1 unspecified atom stereocenters.